The maximum Gasteiger partial charge on any atom is 0.267 e. The van der Waals surface area contributed by atoms with Gasteiger partial charge in [-0.1, -0.05) is 0 Å². The van der Waals surface area contributed by atoms with Crippen molar-refractivity contribution < 1.29 is 23.4 Å². The molecule has 1 aromatic rings. The monoisotopic (exact) mass is 188 g/mol. The Morgan fingerprint density at radius 3 is 2.46 bits per heavy atom. The molecule has 13 heavy (non-hydrogen) atoms. The van der Waals surface area contributed by atoms with Gasteiger partial charge in [0.2, 0.25) is 6.79 Å². The minimum absolute atomic E-state index is 0.00145. The number of fused-ring (bicyclic) bond motifs is 1. The van der Waals surface area contributed by atoms with Gasteiger partial charge in [0, 0.05) is 6.07 Å². The second kappa shape index (κ2) is 2.76. The molecular formula is C8H6F2O3. The van der Waals surface area contributed by atoms with Crippen LogP contribution >= 0.6 is 0 Å². The zero-order chi connectivity index (χ0) is 9.42. The van der Waals surface area contributed by atoms with E-state index in [0.29, 0.717) is 5.75 Å². The molecule has 0 saturated heterocycles. The van der Waals surface area contributed by atoms with E-state index in [4.69, 9.17) is 14.6 Å². The first-order valence-electron chi connectivity index (χ1n) is 3.59. The molecule has 0 fully saturated rings. The molecule has 0 radical (unpaired) electrons. The summed E-state index contributed by atoms with van der Waals surface area (Å²) in [4.78, 5) is 0. The van der Waals surface area contributed by atoms with Gasteiger partial charge in [0.1, 0.15) is 5.75 Å². The van der Waals surface area contributed by atoms with Crippen LogP contribution < -0.4 is 9.47 Å². The summed E-state index contributed by atoms with van der Waals surface area (Å²) in [7, 11) is 0. The lowest BCUT2D eigenvalue weighted by molar-refractivity contribution is 0.147. The Morgan fingerprint density at radius 2 is 1.85 bits per heavy atom. The van der Waals surface area contributed by atoms with E-state index in [2.05, 4.69) is 0 Å². The van der Waals surface area contributed by atoms with Gasteiger partial charge in [-0.2, -0.15) is 0 Å². The summed E-state index contributed by atoms with van der Waals surface area (Å²) in [5.74, 6) is 0.0641. The van der Waals surface area contributed by atoms with E-state index in [1.54, 1.807) is 0 Å². The van der Waals surface area contributed by atoms with Crippen LogP contribution in [0.4, 0.5) is 8.78 Å². The molecule has 70 valence electrons. The standard InChI is InChI=1S/C8H6F2O3/c9-8(10)4-1-6-7(2-5(4)11)13-3-12-6/h1-2,8,11H,3H2. The van der Waals surface area contributed by atoms with Crippen molar-refractivity contribution in [1.82, 2.24) is 0 Å². The average Bonchev–Trinajstić information content (AvgIpc) is 2.48. The number of rotatable bonds is 1. The summed E-state index contributed by atoms with van der Waals surface area (Å²) in [5.41, 5.74) is -0.441. The Hall–Kier alpha value is -1.52. The van der Waals surface area contributed by atoms with Crippen molar-refractivity contribution in [2.45, 2.75) is 6.43 Å². The molecule has 0 aliphatic carbocycles. The molecule has 3 nitrogen and oxygen atoms in total. The summed E-state index contributed by atoms with van der Waals surface area (Å²) < 4.78 is 34.2. The third-order valence-electron chi connectivity index (χ3n) is 1.76. The molecule has 1 aliphatic rings. The van der Waals surface area contributed by atoms with Crippen molar-refractivity contribution in [3.8, 4) is 17.2 Å². The molecular weight excluding hydrogens is 182 g/mol. The van der Waals surface area contributed by atoms with Crippen molar-refractivity contribution in [2.75, 3.05) is 6.79 Å². The highest BCUT2D eigenvalue weighted by Crippen LogP contribution is 2.40. The van der Waals surface area contributed by atoms with Crippen molar-refractivity contribution in [1.29, 1.82) is 0 Å². The number of ether oxygens (including phenoxy) is 2. The van der Waals surface area contributed by atoms with Gasteiger partial charge in [-0.15, -0.1) is 0 Å². The van der Waals surface area contributed by atoms with Crippen molar-refractivity contribution in [3.05, 3.63) is 17.7 Å². The van der Waals surface area contributed by atoms with Gasteiger partial charge in [0.25, 0.3) is 6.43 Å². The van der Waals surface area contributed by atoms with Crippen LogP contribution in [0.15, 0.2) is 12.1 Å². The number of phenols is 1. The number of phenolic OH excluding ortho intramolecular Hbond substituents is 1. The summed E-state index contributed by atoms with van der Waals surface area (Å²) in [6.07, 6.45) is -2.71. The SMILES string of the molecule is Oc1cc2c(cc1C(F)F)OCO2. The highest BCUT2D eigenvalue weighted by atomic mass is 19.3. The van der Waals surface area contributed by atoms with Crippen LogP contribution in [-0.4, -0.2) is 11.9 Å². The molecule has 5 heteroatoms. The molecule has 0 unspecified atom stereocenters. The van der Waals surface area contributed by atoms with Crippen LogP contribution in [0, 0.1) is 0 Å². The van der Waals surface area contributed by atoms with Crippen LogP contribution in [0.2, 0.25) is 0 Å². The van der Waals surface area contributed by atoms with Crippen molar-refractivity contribution in [3.63, 3.8) is 0 Å². The van der Waals surface area contributed by atoms with Gasteiger partial charge >= 0.3 is 0 Å². The molecule has 0 aromatic heterocycles. The van der Waals surface area contributed by atoms with E-state index in [1.807, 2.05) is 0 Å². The van der Waals surface area contributed by atoms with E-state index in [1.165, 1.54) is 0 Å². The van der Waals surface area contributed by atoms with Gasteiger partial charge in [0.15, 0.2) is 11.5 Å². The summed E-state index contributed by atoms with van der Waals surface area (Å²) in [5, 5.41) is 9.13. The van der Waals surface area contributed by atoms with Crippen molar-refractivity contribution in [2.24, 2.45) is 0 Å². The second-order valence-electron chi connectivity index (χ2n) is 2.56. The first-order valence-corrected chi connectivity index (χ1v) is 3.59. The number of benzene rings is 1. The van der Waals surface area contributed by atoms with Crippen LogP contribution in [0.5, 0.6) is 17.2 Å². The molecule has 1 aliphatic heterocycles. The van der Waals surface area contributed by atoms with Gasteiger partial charge < -0.3 is 14.6 Å². The largest absolute Gasteiger partial charge is 0.507 e. The topological polar surface area (TPSA) is 38.7 Å². The molecule has 0 spiro atoms. The fraction of sp³-hybridized carbons (Fsp3) is 0.250. The van der Waals surface area contributed by atoms with E-state index in [0.717, 1.165) is 12.1 Å². The lowest BCUT2D eigenvalue weighted by Gasteiger charge is -2.04. The van der Waals surface area contributed by atoms with Crippen LogP contribution in [0.3, 0.4) is 0 Å². The predicted octanol–water partition coefficient (Wildman–Crippen LogP) is 2.06. The fourth-order valence-corrected chi connectivity index (χ4v) is 1.12. The Balaban J connectivity index is 2.49. The van der Waals surface area contributed by atoms with Crippen LogP contribution in [-0.2, 0) is 0 Å². The van der Waals surface area contributed by atoms with E-state index < -0.39 is 17.7 Å². The Bertz CT molecular complexity index is 338. The van der Waals surface area contributed by atoms with E-state index >= 15 is 0 Å². The normalized spacial score (nSPS) is 13.8. The Labute approximate surface area is 72.5 Å². The maximum absolute atomic E-state index is 12.2. The molecule has 2 rings (SSSR count). The Kier molecular flexibility index (Phi) is 1.72. The number of hydrogen-bond acceptors (Lipinski definition) is 3. The minimum atomic E-state index is -2.71. The minimum Gasteiger partial charge on any atom is -0.507 e. The van der Waals surface area contributed by atoms with Gasteiger partial charge in [0.05, 0.1) is 5.56 Å². The zero-order valence-electron chi connectivity index (χ0n) is 6.46. The molecule has 0 saturated carbocycles. The molecule has 1 N–H and O–H groups in total. The molecule has 1 aromatic carbocycles. The van der Waals surface area contributed by atoms with Crippen molar-refractivity contribution >= 4 is 0 Å². The number of alkyl halides is 2. The first kappa shape index (κ1) is 8.10. The number of aromatic hydroxyl groups is 1. The number of halogens is 2. The van der Waals surface area contributed by atoms with Gasteiger partial charge in [-0.3, -0.25) is 0 Å². The highest BCUT2D eigenvalue weighted by molar-refractivity contribution is 5.51. The summed E-state index contributed by atoms with van der Waals surface area (Å²) in [6, 6.07) is 2.21. The number of hydrogen-bond donors (Lipinski definition) is 1. The van der Waals surface area contributed by atoms with Crippen LogP contribution in [0.1, 0.15) is 12.0 Å². The molecule has 0 amide bonds. The second-order valence-corrected chi connectivity index (χ2v) is 2.56. The molecule has 0 bridgehead atoms. The summed E-state index contributed by atoms with van der Waals surface area (Å²) >= 11 is 0. The molecule has 0 atom stereocenters. The quantitative estimate of drug-likeness (QED) is 0.733. The van der Waals surface area contributed by atoms with Gasteiger partial charge in [-0.25, -0.2) is 8.78 Å². The third kappa shape index (κ3) is 1.26. The lowest BCUT2D eigenvalue weighted by Crippen LogP contribution is -1.92. The maximum atomic E-state index is 12.2. The van der Waals surface area contributed by atoms with Gasteiger partial charge in [-0.05, 0) is 6.07 Å². The van der Waals surface area contributed by atoms with Crippen LogP contribution in [0.25, 0.3) is 0 Å². The fourth-order valence-electron chi connectivity index (χ4n) is 1.12. The predicted molar refractivity (Wildman–Crippen MR) is 39.2 cm³/mol. The highest BCUT2D eigenvalue weighted by Gasteiger charge is 2.21. The summed E-state index contributed by atoms with van der Waals surface area (Å²) in [6.45, 7) is 0.00145. The van der Waals surface area contributed by atoms with E-state index in [9.17, 15) is 8.78 Å². The average molecular weight is 188 g/mol. The van der Waals surface area contributed by atoms with E-state index in [-0.39, 0.29) is 12.5 Å². The molecule has 1 heterocycles. The lowest BCUT2D eigenvalue weighted by atomic mass is 10.2. The Morgan fingerprint density at radius 1 is 1.23 bits per heavy atom. The first-order chi connectivity index (χ1) is 6.18. The zero-order valence-corrected chi connectivity index (χ0v) is 6.46. The third-order valence-corrected chi connectivity index (χ3v) is 1.76. The smallest absolute Gasteiger partial charge is 0.267 e.